The first-order valence-electron chi connectivity index (χ1n) is 35.0. The van der Waals surface area contributed by atoms with Crippen molar-refractivity contribution in [2.24, 2.45) is 11.8 Å². The summed E-state index contributed by atoms with van der Waals surface area (Å²) in [4.78, 5) is 72.1. The number of hydrogen-bond donors (Lipinski definition) is 3. The van der Waals surface area contributed by atoms with E-state index in [1.165, 1.54) is 148 Å². The molecule has 0 bridgehead atoms. The molecule has 3 unspecified atom stereocenters. The summed E-state index contributed by atoms with van der Waals surface area (Å²) in [5, 5.41) is 10.5. The number of hydrogen-bond acceptors (Lipinski definition) is 15. The van der Waals surface area contributed by atoms with Crippen LogP contribution in [0.5, 0.6) is 0 Å². The lowest BCUT2D eigenvalue weighted by Gasteiger charge is -2.21. The summed E-state index contributed by atoms with van der Waals surface area (Å²) in [6.07, 6.45) is 43.6. The first kappa shape index (κ1) is 84.1. The number of phosphoric ester groups is 2. The summed E-state index contributed by atoms with van der Waals surface area (Å²) in [5.41, 5.74) is 0. The highest BCUT2D eigenvalue weighted by atomic mass is 31.2. The van der Waals surface area contributed by atoms with Crippen molar-refractivity contribution in [3.63, 3.8) is 0 Å². The smallest absolute Gasteiger partial charge is 0.462 e. The predicted octanol–water partition coefficient (Wildman–Crippen LogP) is 18.8. The number of aliphatic hydroxyl groups excluding tert-OH is 1. The summed E-state index contributed by atoms with van der Waals surface area (Å²) in [6.45, 7) is 9.37. The van der Waals surface area contributed by atoms with Crippen molar-refractivity contribution in [3.05, 3.63) is 0 Å². The van der Waals surface area contributed by atoms with Crippen molar-refractivity contribution in [1.29, 1.82) is 0 Å². The van der Waals surface area contributed by atoms with Gasteiger partial charge in [0.25, 0.3) is 0 Å². The Morgan fingerprint density at radius 2 is 0.593 bits per heavy atom. The van der Waals surface area contributed by atoms with Crippen LogP contribution in [0.4, 0.5) is 0 Å². The Kier molecular flexibility index (Phi) is 58.0. The Bertz CT molecular complexity index is 1690. The van der Waals surface area contributed by atoms with Crippen LogP contribution in [-0.4, -0.2) is 96.7 Å². The Morgan fingerprint density at radius 1 is 0.337 bits per heavy atom. The first-order chi connectivity index (χ1) is 41.4. The molecule has 86 heavy (non-hydrogen) atoms. The number of carbonyl (C=O) groups excluding carboxylic acids is 4. The Labute approximate surface area is 524 Å². The van der Waals surface area contributed by atoms with Crippen molar-refractivity contribution >= 4 is 39.5 Å². The molecular formula is C67H130O17P2. The van der Waals surface area contributed by atoms with Crippen LogP contribution in [-0.2, 0) is 65.4 Å². The van der Waals surface area contributed by atoms with Gasteiger partial charge >= 0.3 is 39.5 Å². The standard InChI is InChI=1S/C67H130O17P2/c1-7-10-12-14-15-16-17-18-19-20-21-22-23-24-29-32-39-45-51-66(71)83-63(56-78-65(70)50-44-38-31-28-26-25-27-30-37-42-48-60(6)9-3)58-82-86(75,76)80-54-61(68)53-79-85(73,74)81-57-62(55-77-64(69)49-43-35-13-11-8-2)84-67(72)52-46-40-34-33-36-41-47-59(4)5/h59-63,68H,7-58H2,1-6H3,(H,73,74)(H,75,76)/t60?,61-,62+,63+/m0/s1. The molecule has 510 valence electrons. The van der Waals surface area contributed by atoms with E-state index in [1.807, 2.05) is 0 Å². The van der Waals surface area contributed by atoms with Gasteiger partial charge in [-0.2, -0.15) is 0 Å². The van der Waals surface area contributed by atoms with Crippen molar-refractivity contribution in [1.82, 2.24) is 0 Å². The molecule has 17 nitrogen and oxygen atoms in total. The van der Waals surface area contributed by atoms with Gasteiger partial charge in [-0.3, -0.25) is 37.3 Å². The minimum Gasteiger partial charge on any atom is -0.462 e. The SMILES string of the molecule is CCCCCCCCCCCCCCCCCCCCC(=O)O[C@H](COC(=O)CCCCCCCCCCCCC(C)CC)COP(=O)(O)OC[C@@H](O)COP(=O)(O)OC[C@@H](COC(=O)CCCCCCC)OC(=O)CCCCCCCCC(C)C. The van der Waals surface area contributed by atoms with Gasteiger partial charge in [-0.25, -0.2) is 9.13 Å². The number of phosphoric acid groups is 2. The Morgan fingerprint density at radius 3 is 0.884 bits per heavy atom. The van der Waals surface area contributed by atoms with E-state index in [0.29, 0.717) is 31.6 Å². The van der Waals surface area contributed by atoms with Gasteiger partial charge in [0.1, 0.15) is 19.3 Å². The molecule has 0 radical (unpaired) electrons. The highest BCUT2D eigenvalue weighted by Crippen LogP contribution is 2.45. The van der Waals surface area contributed by atoms with Crippen LogP contribution in [0.25, 0.3) is 0 Å². The van der Waals surface area contributed by atoms with E-state index < -0.39 is 97.5 Å². The molecule has 0 aliphatic heterocycles. The second-order valence-electron chi connectivity index (χ2n) is 24.9. The molecule has 0 spiro atoms. The first-order valence-corrected chi connectivity index (χ1v) is 38.0. The zero-order valence-electron chi connectivity index (χ0n) is 55.6. The van der Waals surface area contributed by atoms with Crippen LogP contribution >= 0.6 is 15.6 Å². The third kappa shape index (κ3) is 59.7. The molecule has 19 heteroatoms. The van der Waals surface area contributed by atoms with Gasteiger partial charge in [0.15, 0.2) is 12.2 Å². The normalized spacial score (nSPS) is 14.5. The molecule has 0 fully saturated rings. The van der Waals surface area contributed by atoms with Gasteiger partial charge in [0.2, 0.25) is 0 Å². The lowest BCUT2D eigenvalue weighted by molar-refractivity contribution is -0.161. The maximum atomic E-state index is 13.0. The molecule has 0 aromatic carbocycles. The third-order valence-electron chi connectivity index (χ3n) is 15.8. The quantitative estimate of drug-likeness (QED) is 0.0222. The Hall–Kier alpha value is -1.94. The monoisotopic (exact) mass is 1270 g/mol. The highest BCUT2D eigenvalue weighted by molar-refractivity contribution is 7.47. The summed E-state index contributed by atoms with van der Waals surface area (Å²) in [5.74, 6) is -0.665. The van der Waals surface area contributed by atoms with Crippen molar-refractivity contribution in [3.8, 4) is 0 Å². The second-order valence-corrected chi connectivity index (χ2v) is 27.8. The summed E-state index contributed by atoms with van der Waals surface area (Å²) in [7, 11) is -9.88. The van der Waals surface area contributed by atoms with Crippen molar-refractivity contribution in [2.45, 2.75) is 355 Å². The third-order valence-corrected chi connectivity index (χ3v) is 17.7. The molecule has 0 heterocycles. The van der Waals surface area contributed by atoms with Crippen LogP contribution in [0.3, 0.4) is 0 Å². The molecule has 0 amide bonds. The molecule has 0 saturated heterocycles. The van der Waals surface area contributed by atoms with Gasteiger partial charge in [-0.05, 0) is 37.5 Å². The van der Waals surface area contributed by atoms with Gasteiger partial charge in [0, 0.05) is 25.7 Å². The summed E-state index contributed by atoms with van der Waals surface area (Å²) < 4.78 is 67.9. The number of ether oxygens (including phenoxy) is 4. The summed E-state index contributed by atoms with van der Waals surface area (Å²) >= 11 is 0. The Balaban J connectivity index is 5.15. The number of aliphatic hydroxyl groups is 1. The number of esters is 4. The molecule has 3 N–H and O–H groups in total. The lowest BCUT2D eigenvalue weighted by Crippen LogP contribution is -2.30. The summed E-state index contributed by atoms with van der Waals surface area (Å²) in [6, 6.07) is 0. The zero-order valence-corrected chi connectivity index (χ0v) is 57.4. The number of unbranched alkanes of at least 4 members (excludes halogenated alkanes) is 35. The van der Waals surface area contributed by atoms with Crippen molar-refractivity contribution in [2.75, 3.05) is 39.6 Å². The molecule has 0 aromatic rings. The van der Waals surface area contributed by atoms with Gasteiger partial charge in [-0.1, -0.05) is 286 Å². The largest absolute Gasteiger partial charge is 0.472 e. The average molecular weight is 1270 g/mol. The average Bonchev–Trinajstić information content (AvgIpc) is 3.52. The van der Waals surface area contributed by atoms with E-state index in [2.05, 4.69) is 41.5 Å². The van der Waals surface area contributed by atoms with Gasteiger partial charge in [0.05, 0.1) is 26.4 Å². The minimum atomic E-state index is -4.95. The maximum Gasteiger partial charge on any atom is 0.472 e. The van der Waals surface area contributed by atoms with Crippen molar-refractivity contribution < 1.29 is 80.2 Å². The number of carbonyl (C=O) groups is 4. The molecule has 0 aliphatic rings. The number of rotatable bonds is 66. The molecule has 0 aliphatic carbocycles. The molecular weight excluding hydrogens is 1140 g/mol. The van der Waals surface area contributed by atoms with Crippen LogP contribution in [0.15, 0.2) is 0 Å². The van der Waals surface area contributed by atoms with E-state index in [0.717, 1.165) is 102 Å². The van der Waals surface area contributed by atoms with Crippen LogP contribution in [0, 0.1) is 11.8 Å². The fourth-order valence-corrected chi connectivity index (χ4v) is 11.6. The van der Waals surface area contributed by atoms with E-state index in [1.54, 1.807) is 0 Å². The molecule has 6 atom stereocenters. The fraction of sp³-hybridized carbons (Fsp3) is 0.940. The highest BCUT2D eigenvalue weighted by Gasteiger charge is 2.30. The molecule has 0 saturated carbocycles. The minimum absolute atomic E-state index is 0.101. The van der Waals surface area contributed by atoms with Gasteiger partial charge in [-0.15, -0.1) is 0 Å². The lowest BCUT2D eigenvalue weighted by atomic mass is 9.99. The molecule has 0 aromatic heterocycles. The van der Waals surface area contributed by atoms with Crippen LogP contribution in [0.2, 0.25) is 0 Å². The van der Waals surface area contributed by atoms with E-state index in [4.69, 9.17) is 37.0 Å². The second kappa shape index (κ2) is 59.4. The maximum absolute atomic E-state index is 13.0. The van der Waals surface area contributed by atoms with Crippen LogP contribution < -0.4 is 0 Å². The van der Waals surface area contributed by atoms with E-state index in [9.17, 15) is 43.2 Å². The predicted molar refractivity (Wildman–Crippen MR) is 345 cm³/mol. The van der Waals surface area contributed by atoms with E-state index in [-0.39, 0.29) is 25.7 Å². The molecule has 0 rings (SSSR count). The fourth-order valence-electron chi connectivity index (χ4n) is 10.0. The topological polar surface area (TPSA) is 237 Å². The van der Waals surface area contributed by atoms with Crippen LogP contribution in [0.1, 0.15) is 337 Å². The zero-order chi connectivity index (χ0) is 63.6. The van der Waals surface area contributed by atoms with Gasteiger partial charge < -0.3 is 33.8 Å². The van der Waals surface area contributed by atoms with E-state index >= 15 is 0 Å².